The quantitative estimate of drug-likeness (QED) is 0.439. The molecule has 7 rings (SSSR count). The number of nitrogens with zero attached hydrogens (tertiary/aromatic N) is 4. The second-order valence-corrected chi connectivity index (χ2v) is 12.5. The molecule has 42 heavy (non-hydrogen) atoms. The fraction of sp³-hybridized carbons (Fsp3) is 0.571. The molecule has 5 atom stereocenters. The third kappa shape index (κ3) is 4.51. The number of hydrogen-bond donors (Lipinski definition) is 3. The van der Waals surface area contributed by atoms with Crippen LogP contribution in [0.2, 0.25) is 5.02 Å². The van der Waals surface area contributed by atoms with Gasteiger partial charge in [0.25, 0.3) is 0 Å². The van der Waals surface area contributed by atoms with Crippen molar-refractivity contribution in [3.63, 3.8) is 0 Å². The number of ether oxygens (including phenoxy) is 1. The summed E-state index contributed by atoms with van der Waals surface area (Å²) < 4.78 is 79.5. The number of dihydropyridines is 1. The van der Waals surface area contributed by atoms with Crippen molar-refractivity contribution in [1.29, 1.82) is 0 Å². The van der Waals surface area contributed by atoms with E-state index in [1.807, 2.05) is 4.90 Å². The number of benzene rings is 1. The van der Waals surface area contributed by atoms with E-state index in [1.54, 1.807) is 0 Å². The predicted molar refractivity (Wildman–Crippen MR) is 148 cm³/mol. The molecule has 0 spiro atoms. The summed E-state index contributed by atoms with van der Waals surface area (Å²) in [5.74, 6) is -0.251. The van der Waals surface area contributed by atoms with Crippen LogP contribution in [0.5, 0.6) is 6.01 Å². The van der Waals surface area contributed by atoms with Gasteiger partial charge in [-0.15, -0.1) is 0 Å². The Morgan fingerprint density at radius 2 is 2.05 bits per heavy atom. The Hall–Kier alpha value is -2.74. The van der Waals surface area contributed by atoms with Gasteiger partial charge >= 0.3 is 12.2 Å². The van der Waals surface area contributed by atoms with Crippen LogP contribution in [0.1, 0.15) is 31.7 Å². The summed E-state index contributed by atoms with van der Waals surface area (Å²) in [5.41, 5.74) is 3.01. The van der Waals surface area contributed by atoms with E-state index in [0.717, 1.165) is 25.9 Å². The lowest BCUT2D eigenvalue weighted by Gasteiger charge is -2.31. The molecule has 5 aliphatic rings. The summed E-state index contributed by atoms with van der Waals surface area (Å²) in [6.07, 6.45) is -3.52. The van der Waals surface area contributed by atoms with Crippen LogP contribution < -0.4 is 26.0 Å². The van der Waals surface area contributed by atoms with Gasteiger partial charge in [0, 0.05) is 49.9 Å². The minimum atomic E-state index is -4.80. The monoisotopic (exact) mass is 611 g/mol. The molecule has 0 aliphatic carbocycles. The van der Waals surface area contributed by atoms with Crippen LogP contribution in [0.15, 0.2) is 23.3 Å². The summed E-state index contributed by atoms with van der Waals surface area (Å²) in [6, 6.07) is 1.55. The van der Waals surface area contributed by atoms with Crippen LogP contribution in [0.4, 0.5) is 27.8 Å². The Labute approximate surface area is 244 Å². The summed E-state index contributed by atoms with van der Waals surface area (Å²) >= 11 is 6.56. The number of hydrogen-bond acceptors (Lipinski definition) is 8. The van der Waals surface area contributed by atoms with Crippen molar-refractivity contribution in [2.75, 3.05) is 44.2 Å². The molecule has 0 saturated carbocycles. The van der Waals surface area contributed by atoms with Gasteiger partial charge in [-0.2, -0.15) is 23.1 Å². The maximum atomic E-state index is 16.5. The highest BCUT2D eigenvalue weighted by molar-refractivity contribution is 6.33. The number of rotatable bonds is 5. The minimum absolute atomic E-state index is 0.116. The molecule has 5 aliphatic heterocycles. The third-order valence-corrected chi connectivity index (χ3v) is 9.67. The number of anilines is 1. The van der Waals surface area contributed by atoms with Crippen LogP contribution in [-0.4, -0.2) is 84.3 Å². The zero-order valence-corrected chi connectivity index (χ0v) is 23.6. The fourth-order valence-corrected chi connectivity index (χ4v) is 7.65. The van der Waals surface area contributed by atoms with Gasteiger partial charge in [-0.1, -0.05) is 11.6 Å². The first-order chi connectivity index (χ1) is 19.9. The molecule has 4 saturated heterocycles. The molecule has 0 radical (unpaired) electrons. The third-order valence-electron chi connectivity index (χ3n) is 9.37. The van der Waals surface area contributed by atoms with Crippen LogP contribution in [0.3, 0.4) is 0 Å². The lowest BCUT2D eigenvalue weighted by molar-refractivity contribution is -0.0892. The van der Waals surface area contributed by atoms with Crippen molar-refractivity contribution < 1.29 is 26.7 Å². The molecule has 226 valence electrons. The van der Waals surface area contributed by atoms with Crippen molar-refractivity contribution in [3.8, 4) is 6.01 Å². The first-order valence-corrected chi connectivity index (χ1v) is 14.5. The number of allylic oxidation sites excluding steroid dienone is 2. The summed E-state index contributed by atoms with van der Waals surface area (Å²) in [6.45, 7) is 4.63. The van der Waals surface area contributed by atoms with Crippen molar-refractivity contribution in [2.24, 2.45) is 11.7 Å². The van der Waals surface area contributed by atoms with Crippen molar-refractivity contribution >= 4 is 34.0 Å². The van der Waals surface area contributed by atoms with E-state index in [9.17, 15) is 17.6 Å². The van der Waals surface area contributed by atoms with E-state index < -0.39 is 46.7 Å². The predicted octanol–water partition coefficient (Wildman–Crippen LogP) is 3.89. The zero-order chi connectivity index (χ0) is 29.6. The molecular weight excluding hydrogens is 581 g/mol. The number of aromatic nitrogens is 2. The van der Waals surface area contributed by atoms with E-state index in [-0.39, 0.29) is 40.2 Å². The summed E-state index contributed by atoms with van der Waals surface area (Å²) in [7, 11) is 0. The van der Waals surface area contributed by atoms with Gasteiger partial charge in [0.05, 0.1) is 33.6 Å². The van der Waals surface area contributed by atoms with Gasteiger partial charge in [-0.3, -0.25) is 4.90 Å². The minimum Gasteiger partial charge on any atom is -0.461 e. The van der Waals surface area contributed by atoms with Crippen molar-refractivity contribution in [2.45, 2.75) is 56.3 Å². The Kier molecular flexibility index (Phi) is 6.61. The molecule has 2 aromatic rings. The lowest BCUT2D eigenvalue weighted by atomic mass is 9.94. The van der Waals surface area contributed by atoms with Gasteiger partial charge in [-0.05, 0) is 44.0 Å². The molecule has 0 bridgehead atoms. The highest BCUT2D eigenvalue weighted by Gasteiger charge is 2.49. The SMILES string of the molecule is CC1=CC(N)NC(c2c(Cl)cc3c(N4CC5CNC5C4)nc(OCC45CCCN4C[C@H](F)C5)nc3c2F)=C1C(F)(F)F. The highest BCUT2D eigenvalue weighted by atomic mass is 35.5. The molecule has 6 heterocycles. The highest BCUT2D eigenvalue weighted by Crippen LogP contribution is 2.44. The van der Waals surface area contributed by atoms with Crippen LogP contribution >= 0.6 is 11.6 Å². The van der Waals surface area contributed by atoms with Crippen molar-refractivity contribution in [3.05, 3.63) is 39.7 Å². The number of fused-ring (bicyclic) bond motifs is 3. The van der Waals surface area contributed by atoms with Crippen LogP contribution in [0, 0.1) is 11.7 Å². The molecule has 1 aromatic carbocycles. The molecular formula is C28H31ClF5N7O. The standard InChI is InChI=1S/C28H31ClF5N7O/c1-13-5-19(35)37-24(21(13)28(32,33)34)20-17(29)6-16-23(22(20)31)38-26(39-25(16)40-9-14-8-36-18(14)11-40)42-12-27-3-2-4-41(27)10-15(30)7-27/h5-6,14-15,18-19,36-37H,2-4,7-12,35H2,1H3/t14?,15-,18?,19?,27?/m1/s1. The molecule has 0 amide bonds. The molecule has 8 nitrogen and oxygen atoms in total. The molecule has 14 heteroatoms. The van der Waals surface area contributed by atoms with Crippen molar-refractivity contribution in [1.82, 2.24) is 25.5 Å². The second-order valence-electron chi connectivity index (χ2n) is 12.1. The normalized spacial score (nSPS) is 31.2. The molecule has 4 N–H and O–H groups in total. The van der Waals surface area contributed by atoms with Gasteiger partial charge in [0.15, 0.2) is 5.82 Å². The summed E-state index contributed by atoms with van der Waals surface area (Å²) in [4.78, 5) is 13.1. The Morgan fingerprint density at radius 3 is 2.74 bits per heavy atom. The van der Waals surface area contributed by atoms with Gasteiger partial charge < -0.3 is 26.0 Å². The maximum absolute atomic E-state index is 16.5. The maximum Gasteiger partial charge on any atom is 0.418 e. The average molecular weight is 612 g/mol. The Bertz CT molecular complexity index is 1500. The Balaban J connectivity index is 1.36. The van der Waals surface area contributed by atoms with Gasteiger partial charge in [-0.25, -0.2) is 8.78 Å². The number of nitrogens with one attached hydrogen (secondary N) is 2. The van der Waals surface area contributed by atoms with E-state index in [2.05, 4.69) is 25.5 Å². The first kappa shape index (κ1) is 28.1. The average Bonchev–Trinajstić information content (AvgIpc) is 3.51. The molecule has 4 unspecified atom stereocenters. The number of halogens is 6. The van der Waals surface area contributed by atoms with Crippen LogP contribution in [0.25, 0.3) is 16.6 Å². The lowest BCUT2D eigenvalue weighted by Crippen LogP contribution is -2.51. The topological polar surface area (TPSA) is 91.6 Å². The number of alkyl halides is 4. The largest absolute Gasteiger partial charge is 0.461 e. The van der Waals surface area contributed by atoms with E-state index in [1.165, 1.54) is 19.1 Å². The van der Waals surface area contributed by atoms with E-state index >= 15 is 4.39 Å². The Morgan fingerprint density at radius 1 is 1.24 bits per heavy atom. The molecule has 4 fully saturated rings. The smallest absolute Gasteiger partial charge is 0.418 e. The molecule has 1 aromatic heterocycles. The van der Waals surface area contributed by atoms with Gasteiger partial charge in [0.1, 0.15) is 24.1 Å². The second kappa shape index (κ2) is 9.90. The zero-order valence-electron chi connectivity index (χ0n) is 22.9. The van der Waals surface area contributed by atoms with E-state index in [0.29, 0.717) is 37.8 Å². The summed E-state index contributed by atoms with van der Waals surface area (Å²) in [5, 5.41) is 5.96. The van der Waals surface area contributed by atoms with E-state index in [4.69, 9.17) is 22.1 Å². The van der Waals surface area contributed by atoms with Gasteiger partial charge in [0.2, 0.25) is 0 Å². The van der Waals surface area contributed by atoms with Crippen LogP contribution in [-0.2, 0) is 0 Å². The number of nitrogens with two attached hydrogens (primary N) is 1. The first-order valence-electron chi connectivity index (χ1n) is 14.2. The fourth-order valence-electron chi connectivity index (χ4n) is 7.36.